The first kappa shape index (κ1) is 12.6. The molecule has 0 bridgehead atoms. The molecule has 1 N–H and O–H groups in total. The van der Waals surface area contributed by atoms with Crippen molar-refractivity contribution < 1.29 is 14.3 Å². The van der Waals surface area contributed by atoms with Gasteiger partial charge in [0.1, 0.15) is 5.82 Å². The van der Waals surface area contributed by atoms with Crippen molar-refractivity contribution >= 4 is 5.91 Å². The van der Waals surface area contributed by atoms with E-state index in [0.29, 0.717) is 6.54 Å². The highest BCUT2D eigenvalue weighted by atomic mass is 19.1. The predicted octanol–water partition coefficient (Wildman–Crippen LogP) is 1.84. The van der Waals surface area contributed by atoms with Crippen LogP contribution in [0, 0.1) is 5.82 Å². The summed E-state index contributed by atoms with van der Waals surface area (Å²) in [6, 6.07) is 6.24. The fourth-order valence-corrected chi connectivity index (χ4v) is 2.96. The molecule has 2 aliphatic rings. The molecule has 1 atom stereocenters. The number of hydrogen-bond donors (Lipinski definition) is 1. The average molecular weight is 263 g/mol. The Morgan fingerprint density at radius 1 is 1.32 bits per heavy atom. The number of nitrogens with zero attached hydrogens (tertiary/aromatic N) is 1. The Hall–Kier alpha value is -1.42. The molecule has 1 saturated carbocycles. The molecule has 2 fully saturated rings. The van der Waals surface area contributed by atoms with Crippen molar-refractivity contribution in [3.05, 3.63) is 35.6 Å². The van der Waals surface area contributed by atoms with Crippen LogP contribution in [-0.2, 0) is 10.2 Å². The quantitative estimate of drug-likeness (QED) is 0.884. The number of carbonyl (C=O) groups is 1. The molecule has 1 heterocycles. The number of rotatable bonds is 2. The molecule has 4 heteroatoms. The molecule has 3 nitrogen and oxygen atoms in total. The lowest BCUT2D eigenvalue weighted by Crippen LogP contribution is -2.46. The second kappa shape index (κ2) is 4.60. The molecule has 1 amide bonds. The van der Waals surface area contributed by atoms with Gasteiger partial charge < -0.3 is 10.0 Å². The largest absolute Gasteiger partial charge is 0.391 e. The van der Waals surface area contributed by atoms with Crippen molar-refractivity contribution in [3.8, 4) is 0 Å². The SMILES string of the molecule is O=C(N1CCCC(O)C1)C1(c2ccc(F)cc2)CC1. The normalized spacial score (nSPS) is 25.2. The molecule has 0 aromatic heterocycles. The maximum Gasteiger partial charge on any atom is 0.233 e. The van der Waals surface area contributed by atoms with Crippen LogP contribution in [0.15, 0.2) is 24.3 Å². The van der Waals surface area contributed by atoms with E-state index >= 15 is 0 Å². The van der Waals surface area contributed by atoms with Crippen LogP contribution < -0.4 is 0 Å². The molecule has 1 saturated heterocycles. The molecule has 1 aromatic rings. The standard InChI is InChI=1S/C15H18FNO2/c16-12-5-3-11(4-6-12)15(7-8-15)14(19)17-9-1-2-13(18)10-17/h3-6,13,18H,1-2,7-10H2. The summed E-state index contributed by atoms with van der Waals surface area (Å²) in [6.45, 7) is 1.15. The van der Waals surface area contributed by atoms with Gasteiger partial charge in [0.2, 0.25) is 5.91 Å². The number of amides is 1. The van der Waals surface area contributed by atoms with Crippen molar-refractivity contribution in [3.63, 3.8) is 0 Å². The van der Waals surface area contributed by atoms with Gasteiger partial charge in [-0.1, -0.05) is 12.1 Å². The van der Waals surface area contributed by atoms with Gasteiger partial charge in [-0.15, -0.1) is 0 Å². The minimum atomic E-state index is -0.454. The molecule has 0 radical (unpaired) electrons. The smallest absolute Gasteiger partial charge is 0.233 e. The maximum atomic E-state index is 13.0. The Bertz CT molecular complexity index is 481. The molecule has 19 heavy (non-hydrogen) atoms. The third kappa shape index (κ3) is 2.25. The number of aliphatic hydroxyl groups is 1. The van der Waals surface area contributed by atoms with E-state index in [-0.39, 0.29) is 11.7 Å². The summed E-state index contributed by atoms with van der Waals surface area (Å²) < 4.78 is 13.0. The maximum absolute atomic E-state index is 13.0. The third-order valence-electron chi connectivity index (χ3n) is 4.24. The summed E-state index contributed by atoms with van der Waals surface area (Å²) in [7, 11) is 0. The van der Waals surface area contributed by atoms with E-state index in [4.69, 9.17) is 0 Å². The fraction of sp³-hybridized carbons (Fsp3) is 0.533. The molecule has 3 rings (SSSR count). The Kier molecular flexibility index (Phi) is 3.05. The molecule has 1 aliphatic carbocycles. The summed E-state index contributed by atoms with van der Waals surface area (Å²) in [5, 5.41) is 9.68. The van der Waals surface area contributed by atoms with E-state index in [1.807, 2.05) is 0 Å². The summed E-state index contributed by atoms with van der Waals surface area (Å²) in [4.78, 5) is 14.4. The Balaban J connectivity index is 1.80. The van der Waals surface area contributed by atoms with Crippen LogP contribution in [0.5, 0.6) is 0 Å². The lowest BCUT2D eigenvalue weighted by Gasteiger charge is -2.33. The van der Waals surface area contributed by atoms with Crippen molar-refractivity contribution in [2.45, 2.75) is 37.2 Å². The fourth-order valence-electron chi connectivity index (χ4n) is 2.96. The second-order valence-corrected chi connectivity index (χ2v) is 5.64. The first-order valence-corrected chi connectivity index (χ1v) is 6.85. The molecule has 1 aromatic carbocycles. The lowest BCUT2D eigenvalue weighted by atomic mass is 9.93. The van der Waals surface area contributed by atoms with Gasteiger partial charge in [-0.25, -0.2) is 4.39 Å². The number of carbonyl (C=O) groups excluding carboxylic acids is 1. The van der Waals surface area contributed by atoms with E-state index in [9.17, 15) is 14.3 Å². The minimum Gasteiger partial charge on any atom is -0.391 e. The van der Waals surface area contributed by atoms with Gasteiger partial charge >= 0.3 is 0 Å². The zero-order chi connectivity index (χ0) is 13.5. The number of benzene rings is 1. The Labute approximate surface area is 112 Å². The topological polar surface area (TPSA) is 40.5 Å². The van der Waals surface area contributed by atoms with Crippen LogP contribution in [0.3, 0.4) is 0 Å². The van der Waals surface area contributed by atoms with Crippen LogP contribution in [0.1, 0.15) is 31.2 Å². The van der Waals surface area contributed by atoms with E-state index in [2.05, 4.69) is 0 Å². The van der Waals surface area contributed by atoms with E-state index in [0.717, 1.165) is 37.8 Å². The van der Waals surface area contributed by atoms with Gasteiger partial charge in [-0.3, -0.25) is 4.79 Å². The number of piperidine rings is 1. The Morgan fingerprint density at radius 3 is 2.58 bits per heavy atom. The van der Waals surface area contributed by atoms with Crippen LogP contribution in [0.2, 0.25) is 0 Å². The highest BCUT2D eigenvalue weighted by Gasteiger charge is 2.53. The van der Waals surface area contributed by atoms with Gasteiger partial charge in [0.05, 0.1) is 11.5 Å². The summed E-state index contributed by atoms with van der Waals surface area (Å²) in [5.41, 5.74) is 0.448. The minimum absolute atomic E-state index is 0.0952. The van der Waals surface area contributed by atoms with Gasteiger partial charge in [-0.2, -0.15) is 0 Å². The zero-order valence-electron chi connectivity index (χ0n) is 10.8. The molecular weight excluding hydrogens is 245 g/mol. The van der Waals surface area contributed by atoms with Gasteiger partial charge in [0.25, 0.3) is 0 Å². The summed E-state index contributed by atoms with van der Waals surface area (Å²) in [5.74, 6) is -0.182. The van der Waals surface area contributed by atoms with E-state index < -0.39 is 11.5 Å². The summed E-state index contributed by atoms with van der Waals surface area (Å²) >= 11 is 0. The first-order valence-electron chi connectivity index (χ1n) is 6.85. The van der Waals surface area contributed by atoms with Crippen LogP contribution in [0.4, 0.5) is 4.39 Å². The summed E-state index contributed by atoms with van der Waals surface area (Å²) in [6.07, 6.45) is 2.87. The molecule has 1 unspecified atom stereocenters. The van der Waals surface area contributed by atoms with Crippen LogP contribution >= 0.6 is 0 Å². The first-order chi connectivity index (χ1) is 9.12. The molecule has 1 aliphatic heterocycles. The van der Waals surface area contributed by atoms with Gasteiger partial charge in [-0.05, 0) is 43.4 Å². The van der Waals surface area contributed by atoms with Crippen molar-refractivity contribution in [2.24, 2.45) is 0 Å². The number of hydrogen-bond acceptors (Lipinski definition) is 2. The Morgan fingerprint density at radius 2 is 2.00 bits per heavy atom. The van der Waals surface area contributed by atoms with Gasteiger partial charge in [0.15, 0.2) is 0 Å². The van der Waals surface area contributed by atoms with E-state index in [1.54, 1.807) is 17.0 Å². The second-order valence-electron chi connectivity index (χ2n) is 5.64. The third-order valence-corrected chi connectivity index (χ3v) is 4.24. The molecule has 102 valence electrons. The monoisotopic (exact) mass is 263 g/mol. The average Bonchev–Trinajstić information content (AvgIpc) is 3.20. The highest BCUT2D eigenvalue weighted by molar-refractivity contribution is 5.91. The van der Waals surface area contributed by atoms with Crippen molar-refractivity contribution in [2.75, 3.05) is 13.1 Å². The van der Waals surface area contributed by atoms with Gasteiger partial charge in [0, 0.05) is 13.1 Å². The predicted molar refractivity (Wildman–Crippen MR) is 69.1 cm³/mol. The number of β-amino-alcohol motifs (C(OH)–C–C–N with tert-alkyl or cyclic N) is 1. The molecular formula is C15H18FNO2. The zero-order valence-corrected chi connectivity index (χ0v) is 10.8. The van der Waals surface area contributed by atoms with Crippen molar-refractivity contribution in [1.82, 2.24) is 4.90 Å². The highest BCUT2D eigenvalue weighted by Crippen LogP contribution is 2.49. The lowest BCUT2D eigenvalue weighted by molar-refractivity contribution is -0.137. The number of likely N-dealkylation sites (tertiary alicyclic amines) is 1. The van der Waals surface area contributed by atoms with Crippen LogP contribution in [-0.4, -0.2) is 35.1 Å². The number of aliphatic hydroxyl groups excluding tert-OH is 1. The number of halogens is 1. The van der Waals surface area contributed by atoms with Crippen LogP contribution in [0.25, 0.3) is 0 Å². The van der Waals surface area contributed by atoms with E-state index in [1.165, 1.54) is 12.1 Å². The van der Waals surface area contributed by atoms with Crippen molar-refractivity contribution in [1.29, 1.82) is 0 Å². The molecule has 0 spiro atoms.